The summed E-state index contributed by atoms with van der Waals surface area (Å²) in [6.45, 7) is -0.168. The molecule has 1 unspecified atom stereocenters. The summed E-state index contributed by atoms with van der Waals surface area (Å²) in [6, 6.07) is 10.1. The molecule has 1 amide bonds. The van der Waals surface area contributed by atoms with Gasteiger partial charge in [0.1, 0.15) is 11.5 Å². The molecule has 39 heavy (non-hydrogen) atoms. The van der Waals surface area contributed by atoms with E-state index in [0.717, 1.165) is 30.0 Å². The van der Waals surface area contributed by atoms with Crippen molar-refractivity contribution in [3.05, 3.63) is 82.0 Å². The molecule has 3 aromatic rings. The molecule has 1 saturated carbocycles. The Morgan fingerprint density at radius 3 is 2.33 bits per heavy atom. The van der Waals surface area contributed by atoms with Gasteiger partial charge in [0.05, 0.1) is 23.6 Å². The van der Waals surface area contributed by atoms with Gasteiger partial charge in [0.15, 0.2) is 0 Å². The number of carbonyl (C=O) groups is 1. The molecule has 1 aromatic heterocycles. The molecule has 0 spiro atoms. The zero-order valence-electron chi connectivity index (χ0n) is 20.4. The second kappa shape index (κ2) is 9.91. The lowest BCUT2D eigenvalue weighted by molar-refractivity contribution is -0.143. The Kier molecular flexibility index (Phi) is 6.74. The maximum Gasteiger partial charge on any atom is 0.416 e. The number of aromatic nitrogens is 2. The number of nitrogens with zero attached hydrogens (tertiary/aromatic N) is 3. The van der Waals surface area contributed by atoms with E-state index in [1.54, 1.807) is 6.07 Å². The third kappa shape index (κ3) is 5.70. The fourth-order valence-electron chi connectivity index (χ4n) is 4.82. The van der Waals surface area contributed by atoms with Crippen molar-refractivity contribution in [2.45, 2.75) is 49.9 Å². The number of rotatable bonds is 3. The Hall–Kier alpha value is -4.07. The summed E-state index contributed by atoms with van der Waals surface area (Å²) in [5.41, 5.74) is 4.82. The van der Waals surface area contributed by atoms with Crippen LogP contribution in [0.15, 0.2) is 48.5 Å². The summed E-state index contributed by atoms with van der Waals surface area (Å²) in [4.78, 5) is 15.1. The van der Waals surface area contributed by atoms with Gasteiger partial charge in [-0.1, -0.05) is 24.1 Å². The summed E-state index contributed by atoms with van der Waals surface area (Å²) >= 11 is 0. The Morgan fingerprint density at radius 1 is 0.923 bits per heavy atom. The first-order valence-corrected chi connectivity index (χ1v) is 12.2. The number of nitrogen functional groups attached to an aromatic ring is 1. The summed E-state index contributed by atoms with van der Waals surface area (Å²) in [7, 11) is 0. The van der Waals surface area contributed by atoms with E-state index >= 15 is 0 Å². The predicted octanol–water partition coefficient (Wildman–Crippen LogP) is 6.09. The zero-order chi connectivity index (χ0) is 27.9. The van der Waals surface area contributed by atoms with Gasteiger partial charge in [-0.2, -0.15) is 26.3 Å². The highest BCUT2D eigenvalue weighted by molar-refractivity contribution is 6.00. The van der Waals surface area contributed by atoms with Crippen molar-refractivity contribution in [3.8, 4) is 11.8 Å². The molecule has 1 atom stereocenters. The van der Waals surface area contributed by atoms with Crippen LogP contribution in [0.4, 0.5) is 37.8 Å². The van der Waals surface area contributed by atoms with Crippen molar-refractivity contribution >= 4 is 17.4 Å². The molecule has 5 nitrogen and oxygen atoms in total. The van der Waals surface area contributed by atoms with Crippen molar-refractivity contribution in [2.75, 3.05) is 17.2 Å². The summed E-state index contributed by atoms with van der Waals surface area (Å²) in [5, 5.41) is 7.55. The quantitative estimate of drug-likeness (QED) is 0.320. The maximum atomic E-state index is 14.0. The highest BCUT2D eigenvalue weighted by atomic mass is 19.4. The summed E-state index contributed by atoms with van der Waals surface area (Å²) in [6.07, 6.45) is -7.70. The van der Waals surface area contributed by atoms with Crippen LogP contribution in [0.1, 0.15) is 64.6 Å². The van der Waals surface area contributed by atoms with Crippen LogP contribution >= 0.6 is 0 Å². The number of nitrogens with two attached hydrogens (primary N) is 1. The SMILES string of the molecule is Nc1ccc(C#CCN2C(=O)C(c3ccc(C(F)(F)F)cc3C(F)(F)F)CCc3cc(C4CC4)ccc32)nn1. The number of alkyl halides is 6. The van der Waals surface area contributed by atoms with E-state index in [2.05, 4.69) is 22.0 Å². The molecule has 2 aliphatic rings. The van der Waals surface area contributed by atoms with Gasteiger partial charge in [0, 0.05) is 5.69 Å². The first-order chi connectivity index (χ1) is 18.4. The Labute approximate surface area is 220 Å². The second-order valence-corrected chi connectivity index (χ2v) is 9.62. The number of amides is 1. The number of carbonyl (C=O) groups excluding carboxylic acids is 1. The lowest BCUT2D eigenvalue weighted by Gasteiger charge is -2.26. The average Bonchev–Trinajstić information content (AvgIpc) is 3.73. The molecule has 2 N–H and O–H groups in total. The third-order valence-corrected chi connectivity index (χ3v) is 6.91. The Morgan fingerprint density at radius 2 is 1.69 bits per heavy atom. The van der Waals surface area contributed by atoms with Gasteiger partial charge in [-0.3, -0.25) is 9.69 Å². The largest absolute Gasteiger partial charge is 0.416 e. The maximum absolute atomic E-state index is 14.0. The van der Waals surface area contributed by atoms with E-state index in [-0.39, 0.29) is 37.0 Å². The normalized spacial score (nSPS) is 17.7. The van der Waals surface area contributed by atoms with Crippen LogP contribution in [0.25, 0.3) is 0 Å². The first-order valence-electron chi connectivity index (χ1n) is 12.2. The highest BCUT2D eigenvalue weighted by Gasteiger charge is 2.42. The molecule has 2 aromatic carbocycles. The van der Waals surface area contributed by atoms with Crippen LogP contribution in [-0.4, -0.2) is 22.6 Å². The van der Waals surface area contributed by atoms with Crippen molar-refractivity contribution in [3.63, 3.8) is 0 Å². The van der Waals surface area contributed by atoms with Gasteiger partial charge in [0.2, 0.25) is 5.91 Å². The lowest BCUT2D eigenvalue weighted by atomic mass is 9.87. The van der Waals surface area contributed by atoms with Crippen LogP contribution in [0.2, 0.25) is 0 Å². The Bertz CT molecular complexity index is 1470. The minimum Gasteiger partial charge on any atom is -0.382 e. The van der Waals surface area contributed by atoms with Crippen molar-refractivity contribution in [1.82, 2.24) is 10.2 Å². The van der Waals surface area contributed by atoms with Gasteiger partial charge >= 0.3 is 12.4 Å². The average molecular weight is 544 g/mol. The molecular weight excluding hydrogens is 522 g/mol. The van der Waals surface area contributed by atoms with E-state index < -0.39 is 40.9 Å². The second-order valence-electron chi connectivity index (χ2n) is 9.62. The highest BCUT2D eigenvalue weighted by Crippen LogP contribution is 2.45. The van der Waals surface area contributed by atoms with Gasteiger partial charge in [0.25, 0.3) is 0 Å². The fraction of sp³-hybridized carbons (Fsp3) is 0.321. The zero-order valence-corrected chi connectivity index (χ0v) is 20.4. The topological polar surface area (TPSA) is 72.1 Å². The summed E-state index contributed by atoms with van der Waals surface area (Å²) < 4.78 is 81.7. The van der Waals surface area contributed by atoms with E-state index in [4.69, 9.17) is 5.73 Å². The van der Waals surface area contributed by atoms with Crippen LogP contribution in [-0.2, 0) is 23.6 Å². The van der Waals surface area contributed by atoms with E-state index in [0.29, 0.717) is 17.7 Å². The number of aryl methyl sites for hydroxylation is 1. The number of hydrogen-bond donors (Lipinski definition) is 1. The van der Waals surface area contributed by atoms with E-state index in [9.17, 15) is 31.1 Å². The van der Waals surface area contributed by atoms with Crippen LogP contribution < -0.4 is 10.6 Å². The van der Waals surface area contributed by atoms with Crippen LogP contribution in [0.3, 0.4) is 0 Å². The molecule has 0 saturated heterocycles. The molecule has 1 aliphatic heterocycles. The standard InChI is InChI=1S/C28H22F6N4O/c29-27(30,31)19-7-10-21(23(15-19)28(32,33)34)22-9-5-18-14-17(16-3-4-16)6-11-24(18)38(26(22)39)13-1-2-20-8-12-25(35)37-36-20/h6-8,10-12,14-16,22H,3-5,9,13H2,(H2,35,37). The van der Waals surface area contributed by atoms with Crippen LogP contribution in [0, 0.1) is 11.8 Å². The molecule has 2 heterocycles. The Balaban J connectivity index is 1.56. The minimum absolute atomic E-state index is 0.00175. The fourth-order valence-corrected chi connectivity index (χ4v) is 4.82. The molecule has 1 fully saturated rings. The molecule has 0 bridgehead atoms. The van der Waals surface area contributed by atoms with Gasteiger partial charge in [-0.15, -0.1) is 10.2 Å². The molecule has 1 aliphatic carbocycles. The summed E-state index contributed by atoms with van der Waals surface area (Å²) in [5.74, 6) is 4.21. The van der Waals surface area contributed by atoms with Crippen LogP contribution in [0.5, 0.6) is 0 Å². The van der Waals surface area contributed by atoms with Gasteiger partial charge < -0.3 is 5.73 Å². The van der Waals surface area contributed by atoms with Crippen molar-refractivity contribution < 1.29 is 31.1 Å². The van der Waals surface area contributed by atoms with Gasteiger partial charge in [-0.25, -0.2) is 0 Å². The molecular formula is C28H22F6N4O. The monoisotopic (exact) mass is 544 g/mol. The molecule has 11 heteroatoms. The number of anilines is 2. The smallest absolute Gasteiger partial charge is 0.382 e. The minimum atomic E-state index is -5.09. The number of fused-ring (bicyclic) bond motifs is 1. The van der Waals surface area contributed by atoms with Crippen molar-refractivity contribution in [2.24, 2.45) is 0 Å². The first kappa shape index (κ1) is 26.5. The molecule has 5 rings (SSSR count). The third-order valence-electron chi connectivity index (χ3n) is 6.91. The van der Waals surface area contributed by atoms with E-state index in [1.165, 1.54) is 17.0 Å². The molecule has 0 radical (unpaired) electrons. The lowest BCUT2D eigenvalue weighted by Crippen LogP contribution is -2.35. The van der Waals surface area contributed by atoms with Crippen molar-refractivity contribution in [1.29, 1.82) is 0 Å². The number of benzene rings is 2. The van der Waals surface area contributed by atoms with E-state index in [1.807, 2.05) is 12.1 Å². The molecule has 202 valence electrons. The number of hydrogen-bond acceptors (Lipinski definition) is 4. The van der Waals surface area contributed by atoms with Gasteiger partial charge in [-0.05, 0) is 84.5 Å². The number of halogens is 6. The predicted molar refractivity (Wildman–Crippen MR) is 132 cm³/mol.